The van der Waals surface area contributed by atoms with Crippen LogP contribution in [0.1, 0.15) is 39.0 Å². The highest BCUT2D eigenvalue weighted by molar-refractivity contribution is 7.91. The maximum atomic E-state index is 12.2. The molecular weight excluding hydrogens is 322 g/mol. The fourth-order valence-corrected chi connectivity index (χ4v) is 4.16. The number of hydrogen-bond donors (Lipinski definition) is 1. The molecule has 0 bridgehead atoms. The van der Waals surface area contributed by atoms with Crippen molar-refractivity contribution >= 4 is 27.3 Å². The van der Waals surface area contributed by atoms with E-state index in [0.717, 1.165) is 19.3 Å². The van der Waals surface area contributed by atoms with E-state index in [1.807, 2.05) is 0 Å². The lowest BCUT2D eigenvalue weighted by molar-refractivity contribution is -0.122. The highest BCUT2D eigenvalue weighted by atomic mass is 35.5. The summed E-state index contributed by atoms with van der Waals surface area (Å²) in [5, 5.41) is 3.47. The predicted molar refractivity (Wildman–Crippen MR) is 87.7 cm³/mol. The van der Waals surface area contributed by atoms with Gasteiger partial charge in [-0.3, -0.25) is 4.79 Å². The second kappa shape index (κ2) is 7.47. The summed E-state index contributed by atoms with van der Waals surface area (Å²) in [5.41, 5.74) is 0. The van der Waals surface area contributed by atoms with Gasteiger partial charge in [0.25, 0.3) is 0 Å². The summed E-state index contributed by atoms with van der Waals surface area (Å²) < 4.78 is 24.4. The minimum absolute atomic E-state index is 0.00577. The maximum Gasteiger partial charge on any atom is 0.221 e. The van der Waals surface area contributed by atoms with E-state index in [0.29, 0.717) is 10.9 Å². The molecule has 0 aromatic heterocycles. The van der Waals surface area contributed by atoms with Crippen LogP contribution in [0.25, 0.3) is 0 Å². The van der Waals surface area contributed by atoms with Crippen LogP contribution in [0.2, 0.25) is 5.02 Å². The standard InChI is InChI=1S/C16H22ClNO3S/c1-12-4-2-3-5-15(12)18-16(19)10-11-22(20,21)14-8-6-13(17)7-9-14/h6-9,12,15H,2-5,10-11H2,1H3,(H,18,19)/t12-,15-/m0/s1. The van der Waals surface area contributed by atoms with Crippen molar-refractivity contribution in [3.63, 3.8) is 0 Å². The zero-order valence-corrected chi connectivity index (χ0v) is 14.3. The summed E-state index contributed by atoms with van der Waals surface area (Å²) in [4.78, 5) is 12.2. The zero-order valence-electron chi connectivity index (χ0n) is 12.7. The maximum absolute atomic E-state index is 12.2. The van der Waals surface area contributed by atoms with E-state index in [-0.39, 0.29) is 29.0 Å². The van der Waals surface area contributed by atoms with Crippen LogP contribution in [0.3, 0.4) is 0 Å². The Morgan fingerprint density at radius 3 is 2.50 bits per heavy atom. The van der Waals surface area contributed by atoms with Crippen LogP contribution in [0.5, 0.6) is 0 Å². The van der Waals surface area contributed by atoms with Crippen molar-refractivity contribution in [1.29, 1.82) is 0 Å². The van der Waals surface area contributed by atoms with Gasteiger partial charge in [0.15, 0.2) is 9.84 Å². The number of hydrogen-bond acceptors (Lipinski definition) is 3. The number of halogens is 1. The number of rotatable bonds is 5. The first-order valence-electron chi connectivity index (χ1n) is 7.66. The molecule has 0 heterocycles. The van der Waals surface area contributed by atoms with Gasteiger partial charge in [0, 0.05) is 17.5 Å². The lowest BCUT2D eigenvalue weighted by atomic mass is 9.86. The Hall–Kier alpha value is -1.07. The SMILES string of the molecule is C[C@H]1CCCC[C@@H]1NC(=O)CCS(=O)(=O)c1ccc(Cl)cc1. The first-order valence-corrected chi connectivity index (χ1v) is 9.69. The quantitative estimate of drug-likeness (QED) is 0.893. The van der Waals surface area contributed by atoms with Crippen LogP contribution in [-0.2, 0) is 14.6 Å². The highest BCUT2D eigenvalue weighted by Crippen LogP contribution is 2.23. The van der Waals surface area contributed by atoms with Crippen molar-refractivity contribution < 1.29 is 13.2 Å². The Labute approximate surface area is 137 Å². The zero-order chi connectivity index (χ0) is 16.2. The average molecular weight is 344 g/mol. The van der Waals surface area contributed by atoms with Gasteiger partial charge in [-0.05, 0) is 43.0 Å². The van der Waals surface area contributed by atoms with Crippen LogP contribution in [0.4, 0.5) is 0 Å². The third-order valence-electron chi connectivity index (χ3n) is 4.23. The van der Waals surface area contributed by atoms with Gasteiger partial charge in [0.2, 0.25) is 5.91 Å². The van der Waals surface area contributed by atoms with Gasteiger partial charge in [-0.15, -0.1) is 0 Å². The average Bonchev–Trinajstić information content (AvgIpc) is 2.48. The number of carbonyl (C=O) groups excluding carboxylic acids is 1. The van der Waals surface area contributed by atoms with E-state index >= 15 is 0 Å². The molecule has 1 aromatic carbocycles. The summed E-state index contributed by atoms with van der Waals surface area (Å²) in [6.45, 7) is 2.13. The van der Waals surface area contributed by atoms with Gasteiger partial charge >= 0.3 is 0 Å². The summed E-state index contributed by atoms with van der Waals surface area (Å²) in [5.74, 6) is 0.100. The molecule has 0 unspecified atom stereocenters. The van der Waals surface area contributed by atoms with Gasteiger partial charge in [0.05, 0.1) is 10.6 Å². The summed E-state index contributed by atoms with van der Waals surface area (Å²) in [7, 11) is -3.45. The Morgan fingerprint density at radius 1 is 1.23 bits per heavy atom. The van der Waals surface area contributed by atoms with Crippen molar-refractivity contribution in [2.45, 2.75) is 50.0 Å². The van der Waals surface area contributed by atoms with Crippen LogP contribution in [-0.4, -0.2) is 26.1 Å². The molecule has 1 N–H and O–H groups in total. The van der Waals surface area contributed by atoms with Crippen molar-refractivity contribution in [2.75, 3.05) is 5.75 Å². The number of carbonyl (C=O) groups is 1. The predicted octanol–water partition coefficient (Wildman–Crippen LogP) is 3.20. The summed E-state index contributed by atoms with van der Waals surface area (Å²) in [6, 6.07) is 6.20. The Kier molecular flexibility index (Phi) is 5.87. The lowest BCUT2D eigenvalue weighted by Crippen LogP contribution is -2.41. The fourth-order valence-electron chi connectivity index (χ4n) is 2.80. The molecule has 1 amide bonds. The van der Waals surface area contributed by atoms with E-state index in [9.17, 15) is 13.2 Å². The normalized spacial score (nSPS) is 22.3. The van der Waals surface area contributed by atoms with Crippen molar-refractivity contribution in [3.05, 3.63) is 29.3 Å². The minimum Gasteiger partial charge on any atom is -0.353 e. The molecule has 1 aromatic rings. The van der Waals surface area contributed by atoms with Gasteiger partial charge in [-0.2, -0.15) is 0 Å². The third-order valence-corrected chi connectivity index (χ3v) is 6.21. The molecule has 1 saturated carbocycles. The number of benzene rings is 1. The van der Waals surface area contributed by atoms with E-state index in [1.165, 1.54) is 30.7 Å². The van der Waals surface area contributed by atoms with Gasteiger partial charge in [0.1, 0.15) is 0 Å². The molecule has 4 nitrogen and oxygen atoms in total. The second-order valence-electron chi connectivity index (χ2n) is 5.96. The minimum atomic E-state index is -3.45. The molecule has 22 heavy (non-hydrogen) atoms. The van der Waals surface area contributed by atoms with Gasteiger partial charge in [-0.25, -0.2) is 8.42 Å². The Morgan fingerprint density at radius 2 is 1.86 bits per heavy atom. The molecule has 1 aliphatic rings. The molecule has 6 heteroatoms. The number of amides is 1. The molecule has 0 spiro atoms. The first-order chi connectivity index (χ1) is 10.4. The molecule has 122 valence electrons. The monoisotopic (exact) mass is 343 g/mol. The fraction of sp³-hybridized carbons (Fsp3) is 0.562. The van der Waals surface area contributed by atoms with Gasteiger partial charge < -0.3 is 5.32 Å². The van der Waals surface area contributed by atoms with Crippen LogP contribution in [0, 0.1) is 5.92 Å². The van der Waals surface area contributed by atoms with E-state index in [4.69, 9.17) is 11.6 Å². The largest absolute Gasteiger partial charge is 0.353 e. The summed E-state index contributed by atoms with van der Waals surface area (Å²) in [6.07, 6.45) is 4.43. The lowest BCUT2D eigenvalue weighted by Gasteiger charge is -2.29. The number of nitrogens with one attached hydrogen (secondary N) is 1. The molecule has 0 radical (unpaired) electrons. The molecule has 2 atom stereocenters. The molecule has 0 aliphatic heterocycles. The second-order valence-corrected chi connectivity index (χ2v) is 8.50. The molecule has 0 saturated heterocycles. The van der Waals surface area contributed by atoms with Crippen molar-refractivity contribution in [3.8, 4) is 0 Å². The molecule has 1 aliphatic carbocycles. The molecular formula is C16H22ClNO3S. The highest BCUT2D eigenvalue weighted by Gasteiger charge is 2.23. The van der Waals surface area contributed by atoms with Gasteiger partial charge in [-0.1, -0.05) is 31.4 Å². The third kappa shape index (κ3) is 4.71. The molecule has 2 rings (SSSR count). The topological polar surface area (TPSA) is 63.2 Å². The van der Waals surface area contributed by atoms with Crippen molar-refractivity contribution in [2.24, 2.45) is 5.92 Å². The summed E-state index contributed by atoms with van der Waals surface area (Å²) >= 11 is 5.75. The van der Waals surface area contributed by atoms with E-state index in [1.54, 1.807) is 0 Å². The van der Waals surface area contributed by atoms with Crippen molar-refractivity contribution in [1.82, 2.24) is 5.32 Å². The van der Waals surface area contributed by atoms with E-state index in [2.05, 4.69) is 12.2 Å². The smallest absolute Gasteiger partial charge is 0.221 e. The number of sulfone groups is 1. The first kappa shape index (κ1) is 17.3. The van der Waals surface area contributed by atoms with Crippen LogP contribution >= 0.6 is 11.6 Å². The van der Waals surface area contributed by atoms with Crippen LogP contribution < -0.4 is 5.32 Å². The molecule has 1 fully saturated rings. The van der Waals surface area contributed by atoms with E-state index < -0.39 is 9.84 Å². The van der Waals surface area contributed by atoms with Crippen LogP contribution in [0.15, 0.2) is 29.2 Å². The Balaban J connectivity index is 1.88. The Bertz CT molecular complexity index is 613.